The third-order valence-corrected chi connectivity index (χ3v) is 7.05. The van der Waals surface area contributed by atoms with E-state index in [1.54, 1.807) is 12.1 Å². The number of benzene rings is 1. The van der Waals surface area contributed by atoms with E-state index in [9.17, 15) is 8.42 Å². The topological polar surface area (TPSA) is 67.7 Å². The normalized spacial score (nSPS) is 16.0. The molecule has 7 nitrogen and oxygen atoms in total. The number of nitrogens with zero attached hydrogens (tertiary/aromatic N) is 4. The fourth-order valence-electron chi connectivity index (χ4n) is 3.71. The first-order valence-corrected chi connectivity index (χ1v) is 11.7. The largest absolute Gasteiger partial charge is 0.379 e. The highest BCUT2D eigenvalue weighted by atomic mass is 32.2. The minimum atomic E-state index is -3.53. The van der Waals surface area contributed by atoms with Crippen molar-refractivity contribution in [2.24, 2.45) is 0 Å². The van der Waals surface area contributed by atoms with Gasteiger partial charge >= 0.3 is 0 Å². The van der Waals surface area contributed by atoms with E-state index in [1.165, 1.54) is 4.31 Å². The Morgan fingerprint density at radius 3 is 2.62 bits per heavy atom. The van der Waals surface area contributed by atoms with Gasteiger partial charge in [-0.05, 0) is 38.1 Å². The van der Waals surface area contributed by atoms with Gasteiger partial charge in [0.2, 0.25) is 10.0 Å². The summed E-state index contributed by atoms with van der Waals surface area (Å²) in [5, 5.41) is 0. The highest BCUT2D eigenvalue weighted by molar-refractivity contribution is 7.89. The maximum absolute atomic E-state index is 13.0. The third-order valence-electron chi connectivity index (χ3n) is 5.16. The third kappa shape index (κ3) is 4.88. The summed E-state index contributed by atoms with van der Waals surface area (Å²) >= 11 is 0. The predicted molar refractivity (Wildman–Crippen MR) is 115 cm³/mol. The van der Waals surface area contributed by atoms with Crippen LogP contribution in [-0.2, 0) is 27.8 Å². The van der Waals surface area contributed by atoms with Gasteiger partial charge in [-0.2, -0.15) is 4.31 Å². The summed E-state index contributed by atoms with van der Waals surface area (Å²) < 4.78 is 35.0. The van der Waals surface area contributed by atoms with E-state index in [1.807, 2.05) is 13.0 Å². The van der Waals surface area contributed by atoms with Crippen LogP contribution in [0.5, 0.6) is 0 Å². The van der Waals surface area contributed by atoms with Crippen molar-refractivity contribution in [2.75, 3.05) is 39.4 Å². The molecule has 1 fully saturated rings. The van der Waals surface area contributed by atoms with Gasteiger partial charge in [-0.3, -0.25) is 4.90 Å². The molecule has 2 heterocycles. The van der Waals surface area contributed by atoms with Crippen LogP contribution < -0.4 is 0 Å². The molecule has 0 amide bonds. The monoisotopic (exact) mass is 420 g/mol. The van der Waals surface area contributed by atoms with Gasteiger partial charge in [0.1, 0.15) is 5.82 Å². The molecule has 2 aromatic rings. The van der Waals surface area contributed by atoms with Crippen LogP contribution in [0.15, 0.2) is 35.2 Å². The molecule has 1 saturated heterocycles. The van der Waals surface area contributed by atoms with Gasteiger partial charge in [0.15, 0.2) is 0 Å². The van der Waals surface area contributed by atoms with Crippen molar-refractivity contribution in [1.82, 2.24) is 18.8 Å². The Bertz CT molecular complexity index is 962. The van der Waals surface area contributed by atoms with E-state index >= 15 is 0 Å². The molecule has 0 unspecified atom stereocenters. The summed E-state index contributed by atoms with van der Waals surface area (Å²) in [6, 6.07) is 5.31. The van der Waals surface area contributed by atoms with Crippen molar-refractivity contribution < 1.29 is 13.2 Å². The number of morpholine rings is 1. The Morgan fingerprint density at radius 1 is 1.28 bits per heavy atom. The Morgan fingerprint density at radius 2 is 2.00 bits per heavy atom. The molecule has 1 aliphatic heterocycles. The maximum atomic E-state index is 13.0. The fourth-order valence-corrected chi connectivity index (χ4v) is 5.14. The molecular weight excluding hydrogens is 388 g/mol. The number of hydrogen-bond acceptors (Lipinski definition) is 5. The van der Waals surface area contributed by atoms with Gasteiger partial charge in [-0.25, -0.2) is 13.4 Å². The summed E-state index contributed by atoms with van der Waals surface area (Å²) in [4.78, 5) is 7.42. The molecule has 0 saturated carbocycles. The molecule has 160 valence electrons. The second-order valence-corrected chi connectivity index (χ2v) is 9.54. The molecule has 3 rings (SSSR count). The van der Waals surface area contributed by atoms with Gasteiger partial charge in [-0.15, -0.1) is 0 Å². The number of rotatable bonds is 9. The lowest BCUT2D eigenvalue weighted by atomic mass is 10.3. The zero-order chi connectivity index (χ0) is 21.0. The quantitative estimate of drug-likeness (QED) is 0.584. The minimum absolute atomic E-state index is 0.300. The first-order valence-electron chi connectivity index (χ1n) is 10.3. The first kappa shape index (κ1) is 22.0. The Balaban J connectivity index is 1.97. The lowest BCUT2D eigenvalue weighted by Gasteiger charge is -2.26. The summed E-state index contributed by atoms with van der Waals surface area (Å²) in [7, 11) is -3.53. The highest BCUT2D eigenvalue weighted by Gasteiger charge is 2.27. The lowest BCUT2D eigenvalue weighted by Crippen LogP contribution is -2.40. The molecule has 0 radical (unpaired) electrons. The lowest BCUT2D eigenvalue weighted by molar-refractivity contribution is 0.0730. The van der Waals surface area contributed by atoms with E-state index in [0.717, 1.165) is 48.5 Å². The molecule has 1 aliphatic rings. The van der Waals surface area contributed by atoms with Crippen LogP contribution in [0.3, 0.4) is 0 Å². The molecule has 1 aromatic heterocycles. The smallest absolute Gasteiger partial charge is 0.243 e. The summed E-state index contributed by atoms with van der Waals surface area (Å²) in [5.41, 5.74) is 2.83. The van der Waals surface area contributed by atoms with Crippen molar-refractivity contribution in [3.8, 4) is 0 Å². The van der Waals surface area contributed by atoms with Crippen molar-refractivity contribution in [3.63, 3.8) is 0 Å². The molecule has 8 heteroatoms. The number of likely N-dealkylation sites (N-methyl/N-ethyl adjacent to an activating group) is 1. The maximum Gasteiger partial charge on any atom is 0.243 e. The van der Waals surface area contributed by atoms with Gasteiger partial charge in [0, 0.05) is 26.2 Å². The second-order valence-electron chi connectivity index (χ2n) is 7.61. The van der Waals surface area contributed by atoms with Gasteiger partial charge in [-0.1, -0.05) is 26.0 Å². The Hall–Kier alpha value is -1.74. The predicted octanol–water partition coefficient (Wildman–Crippen LogP) is 2.87. The Kier molecular flexibility index (Phi) is 7.10. The van der Waals surface area contributed by atoms with Gasteiger partial charge in [0.05, 0.1) is 35.7 Å². The molecule has 29 heavy (non-hydrogen) atoms. The van der Waals surface area contributed by atoms with E-state index in [2.05, 4.69) is 29.9 Å². The van der Waals surface area contributed by atoms with Crippen molar-refractivity contribution in [3.05, 3.63) is 36.2 Å². The zero-order valence-electron chi connectivity index (χ0n) is 17.7. The van der Waals surface area contributed by atoms with Crippen molar-refractivity contribution >= 4 is 21.1 Å². The number of aryl methyl sites for hydroxylation is 1. The van der Waals surface area contributed by atoms with E-state index < -0.39 is 10.0 Å². The molecule has 0 atom stereocenters. The van der Waals surface area contributed by atoms with Crippen LogP contribution in [0.1, 0.15) is 33.0 Å². The number of aromatic nitrogens is 2. The SMILES string of the molecule is C=C(C)CN(CC)Cc1nc2cc(S(=O)(=O)N3CCOCC3)ccc2n1CCC. The number of fused-ring (bicyclic) bond motifs is 1. The summed E-state index contributed by atoms with van der Waals surface area (Å²) in [6.45, 7) is 15.3. The molecule has 0 aliphatic carbocycles. The van der Waals surface area contributed by atoms with Gasteiger partial charge < -0.3 is 9.30 Å². The summed E-state index contributed by atoms with van der Waals surface area (Å²) in [6.07, 6.45) is 0.985. The van der Waals surface area contributed by atoms with Crippen LogP contribution in [0.4, 0.5) is 0 Å². The average molecular weight is 421 g/mol. The molecule has 1 aromatic carbocycles. The second kappa shape index (κ2) is 9.38. The highest BCUT2D eigenvalue weighted by Crippen LogP contribution is 2.24. The van der Waals surface area contributed by atoms with Crippen LogP contribution in [0.2, 0.25) is 0 Å². The summed E-state index contributed by atoms with van der Waals surface area (Å²) in [5.74, 6) is 0.964. The number of sulfonamides is 1. The van der Waals surface area contributed by atoms with Crippen LogP contribution in [0, 0.1) is 0 Å². The number of imidazole rings is 1. The molecule has 0 spiro atoms. The van der Waals surface area contributed by atoms with Crippen LogP contribution in [-0.4, -0.2) is 66.6 Å². The Labute approximate surface area is 174 Å². The van der Waals surface area contributed by atoms with Crippen LogP contribution >= 0.6 is 0 Å². The zero-order valence-corrected chi connectivity index (χ0v) is 18.5. The standard InChI is InChI=1S/C21H32N4O3S/c1-5-9-25-20-8-7-18(29(26,27)24-10-12-28-13-11-24)14-19(20)22-21(25)16-23(6-2)15-17(3)4/h7-8,14H,3,5-6,9-13,15-16H2,1-2,4H3. The van der Waals surface area contributed by atoms with Gasteiger partial charge in [0.25, 0.3) is 0 Å². The fraction of sp³-hybridized carbons (Fsp3) is 0.571. The van der Waals surface area contributed by atoms with Crippen molar-refractivity contribution in [1.29, 1.82) is 0 Å². The molecule has 0 bridgehead atoms. The molecular formula is C21H32N4O3S. The first-order chi connectivity index (χ1) is 13.9. The average Bonchev–Trinajstić information content (AvgIpc) is 3.04. The number of hydrogen-bond donors (Lipinski definition) is 0. The minimum Gasteiger partial charge on any atom is -0.379 e. The van der Waals surface area contributed by atoms with E-state index in [4.69, 9.17) is 9.72 Å². The molecule has 0 N–H and O–H groups in total. The van der Waals surface area contributed by atoms with E-state index in [-0.39, 0.29) is 0 Å². The van der Waals surface area contributed by atoms with E-state index in [0.29, 0.717) is 37.7 Å². The number of ether oxygens (including phenoxy) is 1. The van der Waals surface area contributed by atoms with Crippen LogP contribution in [0.25, 0.3) is 11.0 Å². The van der Waals surface area contributed by atoms with Crippen molar-refractivity contribution in [2.45, 2.75) is 45.2 Å².